The maximum Gasteiger partial charge on any atom is 0.238 e. The van der Waals surface area contributed by atoms with Crippen LogP contribution in [0.15, 0.2) is 53.4 Å². The molecule has 11 heteroatoms. The molecule has 0 atom stereocenters. The van der Waals surface area contributed by atoms with Gasteiger partial charge in [0.15, 0.2) is 15.7 Å². The molecule has 1 aromatic heterocycles. The van der Waals surface area contributed by atoms with E-state index in [1.807, 2.05) is 24.0 Å². The minimum Gasteiger partial charge on any atom is -0.495 e. The molecule has 1 amide bonds. The average molecular weight is 445 g/mol. The number of aromatic nitrogens is 4. The summed E-state index contributed by atoms with van der Waals surface area (Å²) in [7, 11) is -1.74. The smallest absolute Gasteiger partial charge is 0.238 e. The van der Waals surface area contributed by atoms with Crippen molar-refractivity contribution in [2.45, 2.75) is 18.4 Å². The van der Waals surface area contributed by atoms with Crippen molar-refractivity contribution in [1.82, 2.24) is 25.1 Å². The predicted molar refractivity (Wildman–Crippen MR) is 115 cm³/mol. The Labute approximate surface area is 180 Å². The molecule has 3 aromatic rings. The van der Waals surface area contributed by atoms with Gasteiger partial charge in [0.2, 0.25) is 5.91 Å². The fraction of sp³-hybridized carbons (Fsp3) is 0.300. The fourth-order valence-corrected chi connectivity index (χ4v) is 3.59. The van der Waals surface area contributed by atoms with E-state index < -0.39 is 9.84 Å². The number of hydrogen-bond acceptors (Lipinski definition) is 8. The summed E-state index contributed by atoms with van der Waals surface area (Å²) in [5, 5.41) is 14.6. The third kappa shape index (κ3) is 5.64. The Kier molecular flexibility index (Phi) is 6.98. The first kappa shape index (κ1) is 22.4. The molecule has 0 bridgehead atoms. The first-order valence-electron chi connectivity index (χ1n) is 9.54. The molecule has 1 N–H and O–H groups in total. The molecule has 0 fully saturated rings. The zero-order valence-corrected chi connectivity index (χ0v) is 18.3. The van der Waals surface area contributed by atoms with Crippen molar-refractivity contribution in [1.29, 1.82) is 0 Å². The number of anilines is 1. The number of tetrazole rings is 1. The summed E-state index contributed by atoms with van der Waals surface area (Å²) in [5.74, 6) is 0.919. The van der Waals surface area contributed by atoms with Gasteiger partial charge in [0, 0.05) is 6.26 Å². The van der Waals surface area contributed by atoms with Crippen molar-refractivity contribution in [3.05, 3.63) is 54.4 Å². The lowest BCUT2D eigenvalue weighted by Gasteiger charge is -2.19. The molecule has 0 aliphatic carbocycles. The molecule has 31 heavy (non-hydrogen) atoms. The second-order valence-electron chi connectivity index (χ2n) is 6.82. The normalized spacial score (nSPS) is 11.5. The van der Waals surface area contributed by atoms with Gasteiger partial charge < -0.3 is 10.1 Å². The molecule has 0 aliphatic heterocycles. The highest BCUT2D eigenvalue weighted by molar-refractivity contribution is 7.90. The topological polar surface area (TPSA) is 119 Å². The molecule has 3 rings (SSSR count). The summed E-state index contributed by atoms with van der Waals surface area (Å²) in [6.45, 7) is 3.00. The summed E-state index contributed by atoms with van der Waals surface area (Å²) in [5.41, 5.74) is 1.23. The largest absolute Gasteiger partial charge is 0.495 e. The number of likely N-dealkylation sites (N-methyl/N-ethyl adjacent to an activating group) is 1. The summed E-state index contributed by atoms with van der Waals surface area (Å²) < 4.78 is 30.1. The zero-order valence-electron chi connectivity index (χ0n) is 17.5. The highest BCUT2D eigenvalue weighted by atomic mass is 32.2. The van der Waals surface area contributed by atoms with Crippen molar-refractivity contribution >= 4 is 21.4 Å². The van der Waals surface area contributed by atoms with Crippen LogP contribution in [-0.2, 0) is 21.2 Å². The van der Waals surface area contributed by atoms with Gasteiger partial charge in [0.1, 0.15) is 5.75 Å². The SMILES string of the molecule is CCN(CC(=O)Nc1ccccc1OC)Cc1nnnn1-c1ccc(S(C)(=O)=O)cc1. The Bertz CT molecular complexity index is 1140. The molecule has 1 heterocycles. The van der Waals surface area contributed by atoms with E-state index in [0.717, 1.165) is 6.26 Å². The van der Waals surface area contributed by atoms with Crippen LogP contribution in [0.2, 0.25) is 0 Å². The zero-order chi connectivity index (χ0) is 22.4. The number of carbonyl (C=O) groups excluding carboxylic acids is 1. The van der Waals surface area contributed by atoms with Crippen molar-refractivity contribution in [2.24, 2.45) is 0 Å². The number of ether oxygens (including phenoxy) is 1. The Morgan fingerprint density at radius 2 is 1.87 bits per heavy atom. The van der Waals surface area contributed by atoms with Crippen molar-refractivity contribution < 1.29 is 17.9 Å². The first-order valence-corrected chi connectivity index (χ1v) is 11.4. The maximum absolute atomic E-state index is 12.5. The second-order valence-corrected chi connectivity index (χ2v) is 8.84. The van der Waals surface area contributed by atoms with Gasteiger partial charge in [0.25, 0.3) is 0 Å². The van der Waals surface area contributed by atoms with Crippen LogP contribution < -0.4 is 10.1 Å². The van der Waals surface area contributed by atoms with Crippen molar-refractivity contribution in [3.63, 3.8) is 0 Å². The molecular formula is C20H24N6O4S. The number of methoxy groups -OCH3 is 1. The van der Waals surface area contributed by atoms with Gasteiger partial charge >= 0.3 is 0 Å². The number of hydrogen-bond donors (Lipinski definition) is 1. The van der Waals surface area contributed by atoms with Gasteiger partial charge in [-0.1, -0.05) is 19.1 Å². The maximum atomic E-state index is 12.5. The molecule has 0 saturated carbocycles. The van der Waals surface area contributed by atoms with Crippen LogP contribution in [0.1, 0.15) is 12.7 Å². The van der Waals surface area contributed by atoms with Gasteiger partial charge in [-0.15, -0.1) is 5.10 Å². The summed E-state index contributed by atoms with van der Waals surface area (Å²) >= 11 is 0. The first-order chi connectivity index (χ1) is 14.8. The number of rotatable bonds is 9. The summed E-state index contributed by atoms with van der Waals surface area (Å²) in [4.78, 5) is 14.6. The van der Waals surface area contributed by atoms with Crippen LogP contribution in [-0.4, -0.2) is 65.9 Å². The third-order valence-corrected chi connectivity index (χ3v) is 5.73. The fourth-order valence-electron chi connectivity index (χ4n) is 2.96. The van der Waals surface area contributed by atoms with Crippen LogP contribution >= 0.6 is 0 Å². The van der Waals surface area contributed by atoms with E-state index in [1.54, 1.807) is 31.4 Å². The number of carbonyl (C=O) groups is 1. The number of amides is 1. The molecule has 0 saturated heterocycles. The molecule has 0 unspecified atom stereocenters. The van der Waals surface area contributed by atoms with Gasteiger partial charge in [-0.25, -0.2) is 8.42 Å². The van der Waals surface area contributed by atoms with E-state index in [9.17, 15) is 13.2 Å². The third-order valence-electron chi connectivity index (χ3n) is 4.60. The van der Waals surface area contributed by atoms with E-state index in [4.69, 9.17) is 4.74 Å². The average Bonchev–Trinajstić information content (AvgIpc) is 3.21. The van der Waals surface area contributed by atoms with Gasteiger partial charge in [0.05, 0.1) is 36.5 Å². The molecule has 10 nitrogen and oxygen atoms in total. The predicted octanol–water partition coefficient (Wildman–Crippen LogP) is 1.53. The second kappa shape index (κ2) is 9.67. The minimum atomic E-state index is -3.29. The van der Waals surface area contributed by atoms with E-state index in [2.05, 4.69) is 20.8 Å². The minimum absolute atomic E-state index is 0.133. The van der Waals surface area contributed by atoms with Crippen LogP contribution in [0.5, 0.6) is 5.75 Å². The molecule has 0 spiro atoms. The summed E-state index contributed by atoms with van der Waals surface area (Å²) in [6.07, 6.45) is 1.15. The Balaban J connectivity index is 1.70. The number of para-hydroxylation sites is 2. The van der Waals surface area contributed by atoms with Gasteiger partial charge in [-0.2, -0.15) is 4.68 Å². The van der Waals surface area contributed by atoms with Crippen LogP contribution in [0.3, 0.4) is 0 Å². The van der Waals surface area contributed by atoms with E-state index in [-0.39, 0.29) is 17.3 Å². The monoisotopic (exact) mass is 444 g/mol. The highest BCUT2D eigenvalue weighted by Crippen LogP contribution is 2.23. The molecule has 2 aromatic carbocycles. The number of benzene rings is 2. The quantitative estimate of drug-likeness (QED) is 0.528. The lowest BCUT2D eigenvalue weighted by Crippen LogP contribution is -2.33. The lowest BCUT2D eigenvalue weighted by atomic mass is 10.3. The number of sulfone groups is 1. The van der Waals surface area contributed by atoms with Crippen LogP contribution in [0.25, 0.3) is 5.69 Å². The van der Waals surface area contributed by atoms with Gasteiger partial charge in [-0.3, -0.25) is 9.69 Å². The molecular weight excluding hydrogens is 420 g/mol. The molecule has 0 radical (unpaired) electrons. The Morgan fingerprint density at radius 3 is 2.52 bits per heavy atom. The molecule has 0 aliphatic rings. The van der Waals surface area contributed by atoms with E-state index >= 15 is 0 Å². The van der Waals surface area contributed by atoms with Crippen molar-refractivity contribution in [3.8, 4) is 11.4 Å². The number of nitrogens with one attached hydrogen (secondary N) is 1. The number of nitrogens with zero attached hydrogens (tertiary/aromatic N) is 5. The van der Waals surface area contributed by atoms with E-state index in [0.29, 0.717) is 36.0 Å². The van der Waals surface area contributed by atoms with Gasteiger partial charge in [-0.05, 0) is 53.4 Å². The summed E-state index contributed by atoms with van der Waals surface area (Å²) in [6, 6.07) is 13.5. The Hall–Kier alpha value is -3.31. The molecule has 164 valence electrons. The van der Waals surface area contributed by atoms with Crippen molar-refractivity contribution in [2.75, 3.05) is 31.8 Å². The van der Waals surface area contributed by atoms with E-state index in [1.165, 1.54) is 16.8 Å². The van der Waals surface area contributed by atoms with Crippen LogP contribution in [0, 0.1) is 0 Å². The van der Waals surface area contributed by atoms with Crippen LogP contribution in [0.4, 0.5) is 5.69 Å². The Morgan fingerprint density at radius 1 is 1.16 bits per heavy atom. The highest BCUT2D eigenvalue weighted by Gasteiger charge is 2.17. The standard InChI is InChI=1S/C20H24N6O4S/c1-4-25(14-20(27)21-17-7-5-6-8-18(17)30-2)13-19-22-23-24-26(19)15-9-11-16(12-10-15)31(3,28)29/h5-12H,4,13-14H2,1-3H3,(H,21,27). The lowest BCUT2D eigenvalue weighted by molar-refractivity contribution is -0.117.